The number of piperidine rings is 1. The van der Waals surface area contributed by atoms with E-state index in [9.17, 15) is 9.59 Å². The second-order valence-electron chi connectivity index (χ2n) is 6.91. The average molecular weight is 379 g/mol. The maximum Gasteiger partial charge on any atom is 0.306 e. The van der Waals surface area contributed by atoms with Gasteiger partial charge in [0, 0.05) is 24.0 Å². The number of amides is 1. The van der Waals surface area contributed by atoms with Gasteiger partial charge in [0.15, 0.2) is 5.76 Å². The fraction of sp³-hybridized carbons (Fsp3) is 0.273. The predicted octanol–water partition coefficient (Wildman–Crippen LogP) is 3.95. The fourth-order valence-electron chi connectivity index (χ4n) is 3.56. The van der Waals surface area contributed by atoms with Crippen molar-refractivity contribution in [3.8, 4) is 5.75 Å². The van der Waals surface area contributed by atoms with Gasteiger partial charge < -0.3 is 19.2 Å². The van der Waals surface area contributed by atoms with E-state index in [-0.39, 0.29) is 24.2 Å². The monoisotopic (exact) mass is 379 g/mol. The average Bonchev–Trinajstić information content (AvgIpc) is 3.11. The van der Waals surface area contributed by atoms with Gasteiger partial charge in [0.1, 0.15) is 17.9 Å². The Morgan fingerprint density at radius 2 is 1.71 bits per heavy atom. The molecule has 144 valence electrons. The van der Waals surface area contributed by atoms with Gasteiger partial charge in [-0.2, -0.15) is 0 Å². The van der Waals surface area contributed by atoms with E-state index >= 15 is 0 Å². The lowest BCUT2D eigenvalue weighted by Crippen LogP contribution is -2.40. The van der Waals surface area contributed by atoms with Crippen LogP contribution in [0.2, 0.25) is 0 Å². The minimum Gasteiger partial charge on any atom is -0.489 e. The van der Waals surface area contributed by atoms with E-state index in [2.05, 4.69) is 0 Å². The van der Waals surface area contributed by atoms with E-state index in [0.29, 0.717) is 42.8 Å². The number of carboxylic acids is 1. The molecule has 0 bridgehead atoms. The number of ether oxygens (including phenoxy) is 1. The van der Waals surface area contributed by atoms with Crippen molar-refractivity contribution in [2.24, 2.45) is 5.92 Å². The maximum atomic E-state index is 13.1. The van der Waals surface area contributed by atoms with Gasteiger partial charge in [0.05, 0.1) is 5.92 Å². The van der Waals surface area contributed by atoms with Crippen LogP contribution in [0.25, 0.3) is 11.0 Å². The Hall–Kier alpha value is -3.28. The van der Waals surface area contributed by atoms with Crippen LogP contribution in [-0.2, 0) is 11.4 Å². The van der Waals surface area contributed by atoms with Crippen LogP contribution in [0, 0.1) is 5.92 Å². The Labute approximate surface area is 162 Å². The molecule has 28 heavy (non-hydrogen) atoms. The summed E-state index contributed by atoms with van der Waals surface area (Å²) in [6, 6.07) is 16.9. The number of carbonyl (C=O) groups is 2. The predicted molar refractivity (Wildman–Crippen MR) is 103 cm³/mol. The number of carbonyl (C=O) groups excluding carboxylic acids is 1. The number of benzene rings is 2. The summed E-state index contributed by atoms with van der Waals surface area (Å²) < 4.78 is 11.8. The number of carboxylic acid groups (broad SMARTS) is 1. The molecule has 1 N–H and O–H groups in total. The molecule has 1 aliphatic rings. The molecule has 2 aromatic carbocycles. The summed E-state index contributed by atoms with van der Waals surface area (Å²) in [4.78, 5) is 25.9. The maximum absolute atomic E-state index is 13.1. The van der Waals surface area contributed by atoms with Crippen molar-refractivity contribution in [1.29, 1.82) is 0 Å². The molecule has 0 atom stereocenters. The summed E-state index contributed by atoms with van der Waals surface area (Å²) in [7, 11) is 0. The van der Waals surface area contributed by atoms with Crippen molar-refractivity contribution in [2.45, 2.75) is 19.4 Å². The Kier molecular flexibility index (Phi) is 5.02. The zero-order valence-corrected chi connectivity index (χ0v) is 15.3. The normalized spacial score (nSPS) is 14.9. The zero-order valence-electron chi connectivity index (χ0n) is 15.3. The number of rotatable bonds is 5. The molecule has 6 heteroatoms. The summed E-state index contributed by atoms with van der Waals surface area (Å²) >= 11 is 0. The van der Waals surface area contributed by atoms with Crippen LogP contribution < -0.4 is 4.74 Å². The highest BCUT2D eigenvalue weighted by molar-refractivity contribution is 5.99. The standard InChI is InChI=1S/C22H21NO5/c24-21(23-12-10-15(11-13-23)22(25)26)20-18(14-27-16-6-2-1-3-7-16)17-8-4-5-9-19(17)28-20/h1-9,15H,10-14H2,(H,25,26). The molecular weight excluding hydrogens is 358 g/mol. The van der Waals surface area contributed by atoms with Crippen LogP contribution in [0.3, 0.4) is 0 Å². The summed E-state index contributed by atoms with van der Waals surface area (Å²) in [5.41, 5.74) is 1.35. The van der Waals surface area contributed by atoms with Gasteiger partial charge in [-0.15, -0.1) is 0 Å². The second-order valence-corrected chi connectivity index (χ2v) is 6.91. The van der Waals surface area contributed by atoms with E-state index in [1.807, 2.05) is 54.6 Å². The van der Waals surface area contributed by atoms with Crippen molar-refractivity contribution in [2.75, 3.05) is 13.1 Å². The molecule has 1 aliphatic heterocycles. The molecule has 3 aromatic rings. The summed E-state index contributed by atoms with van der Waals surface area (Å²) in [6.07, 6.45) is 0.911. The highest BCUT2D eigenvalue weighted by Crippen LogP contribution is 2.29. The first-order chi connectivity index (χ1) is 13.6. The number of hydrogen-bond acceptors (Lipinski definition) is 4. The lowest BCUT2D eigenvalue weighted by atomic mass is 9.97. The van der Waals surface area contributed by atoms with E-state index in [1.54, 1.807) is 4.90 Å². The number of furan rings is 1. The Balaban J connectivity index is 1.59. The van der Waals surface area contributed by atoms with Gasteiger partial charge in [-0.25, -0.2) is 0 Å². The van der Waals surface area contributed by atoms with Crippen LogP contribution in [0.1, 0.15) is 29.0 Å². The molecular formula is C22H21NO5. The molecule has 2 heterocycles. The largest absolute Gasteiger partial charge is 0.489 e. The topological polar surface area (TPSA) is 80.0 Å². The molecule has 4 rings (SSSR count). The molecule has 1 saturated heterocycles. The molecule has 0 spiro atoms. The van der Waals surface area contributed by atoms with Gasteiger partial charge >= 0.3 is 5.97 Å². The third-order valence-electron chi connectivity index (χ3n) is 5.15. The van der Waals surface area contributed by atoms with Crippen LogP contribution in [0.4, 0.5) is 0 Å². The van der Waals surface area contributed by atoms with Crippen molar-refractivity contribution in [3.63, 3.8) is 0 Å². The third-order valence-corrected chi connectivity index (χ3v) is 5.15. The van der Waals surface area contributed by atoms with Crippen molar-refractivity contribution in [3.05, 3.63) is 65.9 Å². The molecule has 1 aromatic heterocycles. The quantitative estimate of drug-likeness (QED) is 0.726. The molecule has 0 unspecified atom stereocenters. The summed E-state index contributed by atoms with van der Waals surface area (Å²) in [5, 5.41) is 10.0. The Morgan fingerprint density at radius 1 is 1.04 bits per heavy atom. The van der Waals surface area contributed by atoms with Gasteiger partial charge in [0.2, 0.25) is 0 Å². The van der Waals surface area contributed by atoms with E-state index in [0.717, 1.165) is 5.39 Å². The van der Waals surface area contributed by atoms with E-state index < -0.39 is 5.97 Å². The highest BCUT2D eigenvalue weighted by atomic mass is 16.5. The smallest absolute Gasteiger partial charge is 0.306 e. The van der Waals surface area contributed by atoms with Crippen LogP contribution in [-0.4, -0.2) is 35.0 Å². The fourth-order valence-corrected chi connectivity index (χ4v) is 3.56. The Morgan fingerprint density at radius 3 is 2.43 bits per heavy atom. The van der Waals surface area contributed by atoms with Crippen LogP contribution in [0.5, 0.6) is 5.75 Å². The van der Waals surface area contributed by atoms with E-state index in [4.69, 9.17) is 14.3 Å². The first-order valence-corrected chi connectivity index (χ1v) is 9.34. The lowest BCUT2D eigenvalue weighted by molar-refractivity contribution is -0.143. The minimum atomic E-state index is -0.798. The van der Waals surface area contributed by atoms with Crippen molar-refractivity contribution >= 4 is 22.8 Å². The van der Waals surface area contributed by atoms with Gasteiger partial charge in [-0.1, -0.05) is 36.4 Å². The number of aliphatic carboxylic acids is 1. The summed E-state index contributed by atoms with van der Waals surface area (Å²) in [5.74, 6) is -0.417. The summed E-state index contributed by atoms with van der Waals surface area (Å²) in [6.45, 7) is 1.03. The first-order valence-electron chi connectivity index (χ1n) is 9.34. The second kappa shape index (κ2) is 7.76. The molecule has 6 nitrogen and oxygen atoms in total. The SMILES string of the molecule is O=C(O)C1CCN(C(=O)c2oc3ccccc3c2COc2ccccc2)CC1. The van der Waals surface area contributed by atoms with Crippen LogP contribution >= 0.6 is 0 Å². The van der Waals surface area contributed by atoms with Gasteiger partial charge in [-0.3, -0.25) is 9.59 Å². The highest BCUT2D eigenvalue weighted by Gasteiger charge is 2.31. The third kappa shape index (κ3) is 3.58. The number of para-hydroxylation sites is 2. The minimum absolute atomic E-state index is 0.216. The van der Waals surface area contributed by atoms with Crippen LogP contribution in [0.15, 0.2) is 59.0 Å². The number of hydrogen-bond donors (Lipinski definition) is 1. The van der Waals surface area contributed by atoms with Crippen molar-refractivity contribution < 1.29 is 23.8 Å². The molecule has 1 fully saturated rings. The number of likely N-dealkylation sites (tertiary alicyclic amines) is 1. The van der Waals surface area contributed by atoms with Crippen molar-refractivity contribution in [1.82, 2.24) is 4.90 Å². The first kappa shape index (κ1) is 18.1. The number of nitrogens with zero attached hydrogens (tertiary/aromatic N) is 1. The van der Waals surface area contributed by atoms with E-state index in [1.165, 1.54) is 0 Å². The zero-order chi connectivity index (χ0) is 19.5. The molecule has 0 saturated carbocycles. The van der Waals surface area contributed by atoms with Gasteiger partial charge in [-0.05, 0) is 31.0 Å². The molecule has 0 aliphatic carbocycles. The van der Waals surface area contributed by atoms with Gasteiger partial charge in [0.25, 0.3) is 5.91 Å². The number of fused-ring (bicyclic) bond motifs is 1. The molecule has 0 radical (unpaired) electrons. The lowest BCUT2D eigenvalue weighted by Gasteiger charge is -2.29. The Bertz CT molecular complexity index is 987. The molecule has 1 amide bonds.